The molecular formula is C17H27NO. The van der Waals surface area contributed by atoms with Gasteiger partial charge < -0.3 is 5.11 Å². The van der Waals surface area contributed by atoms with Crippen LogP contribution in [0.2, 0.25) is 0 Å². The smallest absolute Gasteiger partial charge is 0.0483 e. The minimum Gasteiger partial charge on any atom is -0.396 e. The zero-order valence-electron chi connectivity index (χ0n) is 13.0. The van der Waals surface area contributed by atoms with E-state index in [0.29, 0.717) is 12.5 Å². The molecule has 0 radical (unpaired) electrons. The van der Waals surface area contributed by atoms with Crippen molar-refractivity contribution in [3.8, 4) is 0 Å². The molecule has 1 saturated heterocycles. The van der Waals surface area contributed by atoms with E-state index in [0.717, 1.165) is 19.6 Å². The molecule has 0 bridgehead atoms. The van der Waals surface area contributed by atoms with E-state index in [1.807, 2.05) is 0 Å². The third-order valence-corrected chi connectivity index (χ3v) is 4.23. The first-order valence-electron chi connectivity index (χ1n) is 7.25. The van der Waals surface area contributed by atoms with Gasteiger partial charge in [0, 0.05) is 32.2 Å². The minimum atomic E-state index is 0.215. The Hall–Kier alpha value is -0.860. The molecule has 106 valence electrons. The average Bonchev–Trinajstić information content (AvgIpc) is 2.24. The third-order valence-electron chi connectivity index (χ3n) is 4.23. The number of aryl methyl sites for hydroxylation is 2. The first-order valence-corrected chi connectivity index (χ1v) is 7.25. The highest BCUT2D eigenvalue weighted by atomic mass is 16.3. The fraction of sp³-hybridized carbons (Fsp3) is 0.647. The molecule has 1 aromatic carbocycles. The SMILES string of the molecule is Cc1cc(C(C)(C)C)cc(C)c1CN1CC(CO)C1. The highest BCUT2D eigenvalue weighted by molar-refractivity contribution is 5.40. The lowest BCUT2D eigenvalue weighted by Crippen LogP contribution is -2.47. The second-order valence-electron chi connectivity index (χ2n) is 7.08. The van der Waals surface area contributed by atoms with Crippen molar-refractivity contribution in [3.05, 3.63) is 34.4 Å². The first-order chi connectivity index (χ1) is 8.81. The van der Waals surface area contributed by atoms with Crippen molar-refractivity contribution in [2.45, 2.75) is 46.6 Å². The van der Waals surface area contributed by atoms with Crippen LogP contribution in [0.3, 0.4) is 0 Å². The number of rotatable bonds is 3. The molecule has 0 saturated carbocycles. The molecule has 0 aliphatic carbocycles. The number of nitrogens with zero attached hydrogens (tertiary/aromatic N) is 1. The fourth-order valence-electron chi connectivity index (χ4n) is 2.82. The van der Waals surface area contributed by atoms with Crippen LogP contribution in [0, 0.1) is 19.8 Å². The molecule has 1 heterocycles. The maximum Gasteiger partial charge on any atom is 0.0483 e. The Morgan fingerprint density at radius 1 is 1.16 bits per heavy atom. The van der Waals surface area contributed by atoms with Crippen molar-refractivity contribution in [1.29, 1.82) is 0 Å². The van der Waals surface area contributed by atoms with Gasteiger partial charge in [0.15, 0.2) is 0 Å². The summed E-state index contributed by atoms with van der Waals surface area (Å²) in [4.78, 5) is 2.42. The summed E-state index contributed by atoms with van der Waals surface area (Å²) in [7, 11) is 0. The topological polar surface area (TPSA) is 23.5 Å². The predicted molar refractivity (Wildman–Crippen MR) is 80.5 cm³/mol. The van der Waals surface area contributed by atoms with Crippen LogP contribution in [-0.2, 0) is 12.0 Å². The molecule has 0 spiro atoms. The summed E-state index contributed by atoms with van der Waals surface area (Å²) in [5.41, 5.74) is 5.90. The summed E-state index contributed by atoms with van der Waals surface area (Å²) in [5, 5.41) is 9.08. The Bertz CT molecular complexity index is 430. The summed E-state index contributed by atoms with van der Waals surface area (Å²) in [6.45, 7) is 14.7. The van der Waals surface area contributed by atoms with E-state index < -0.39 is 0 Å². The lowest BCUT2D eigenvalue weighted by molar-refractivity contribution is 0.0476. The van der Waals surface area contributed by atoms with Crippen LogP contribution < -0.4 is 0 Å². The van der Waals surface area contributed by atoms with Crippen LogP contribution >= 0.6 is 0 Å². The Morgan fingerprint density at radius 2 is 1.68 bits per heavy atom. The van der Waals surface area contributed by atoms with Crippen LogP contribution in [0.15, 0.2) is 12.1 Å². The highest BCUT2D eigenvalue weighted by Crippen LogP contribution is 2.28. The van der Waals surface area contributed by atoms with Gasteiger partial charge in [0.05, 0.1) is 0 Å². The monoisotopic (exact) mass is 261 g/mol. The molecule has 1 aromatic rings. The molecule has 2 heteroatoms. The third kappa shape index (κ3) is 3.18. The molecule has 0 amide bonds. The normalized spacial score (nSPS) is 17.6. The molecule has 2 rings (SSSR count). The highest BCUT2D eigenvalue weighted by Gasteiger charge is 2.26. The second kappa shape index (κ2) is 5.26. The fourth-order valence-corrected chi connectivity index (χ4v) is 2.82. The van der Waals surface area contributed by atoms with Crippen molar-refractivity contribution < 1.29 is 5.11 Å². The Kier molecular flexibility index (Phi) is 4.03. The van der Waals surface area contributed by atoms with E-state index in [1.165, 1.54) is 22.3 Å². The van der Waals surface area contributed by atoms with E-state index in [2.05, 4.69) is 51.7 Å². The van der Waals surface area contributed by atoms with Gasteiger partial charge in [-0.3, -0.25) is 4.90 Å². The van der Waals surface area contributed by atoms with Crippen molar-refractivity contribution in [2.24, 2.45) is 5.92 Å². The molecule has 1 aliphatic heterocycles. The zero-order valence-corrected chi connectivity index (χ0v) is 13.0. The zero-order chi connectivity index (χ0) is 14.2. The molecule has 1 aliphatic rings. The lowest BCUT2D eigenvalue weighted by Gasteiger charge is -2.39. The van der Waals surface area contributed by atoms with Crippen LogP contribution in [0.25, 0.3) is 0 Å². The standard InChI is InChI=1S/C17H27NO/c1-12-6-15(17(3,4)5)7-13(2)16(12)10-18-8-14(9-18)11-19/h6-7,14,19H,8-11H2,1-5H3. The van der Waals surface area contributed by atoms with E-state index in [4.69, 9.17) is 5.11 Å². The number of aliphatic hydroxyl groups excluding tert-OH is 1. The maximum atomic E-state index is 9.08. The van der Waals surface area contributed by atoms with Gasteiger partial charge in [-0.05, 0) is 41.5 Å². The van der Waals surface area contributed by atoms with Gasteiger partial charge in [0.2, 0.25) is 0 Å². The van der Waals surface area contributed by atoms with Crippen molar-refractivity contribution in [1.82, 2.24) is 4.90 Å². The summed E-state index contributed by atoms with van der Waals surface area (Å²) in [6, 6.07) is 4.68. The molecule has 19 heavy (non-hydrogen) atoms. The second-order valence-corrected chi connectivity index (χ2v) is 7.08. The summed E-state index contributed by atoms with van der Waals surface area (Å²) >= 11 is 0. The van der Waals surface area contributed by atoms with Crippen LogP contribution in [-0.4, -0.2) is 29.7 Å². The maximum absolute atomic E-state index is 9.08. The van der Waals surface area contributed by atoms with E-state index in [-0.39, 0.29) is 5.41 Å². The molecular weight excluding hydrogens is 234 g/mol. The number of likely N-dealkylation sites (tertiary alicyclic amines) is 1. The van der Waals surface area contributed by atoms with Gasteiger partial charge in [0.25, 0.3) is 0 Å². The van der Waals surface area contributed by atoms with E-state index in [1.54, 1.807) is 0 Å². The number of hydrogen-bond acceptors (Lipinski definition) is 2. The molecule has 1 N–H and O–H groups in total. The average molecular weight is 261 g/mol. The van der Waals surface area contributed by atoms with Crippen molar-refractivity contribution >= 4 is 0 Å². The molecule has 0 unspecified atom stereocenters. The first kappa shape index (κ1) is 14.5. The number of benzene rings is 1. The molecule has 0 aromatic heterocycles. The van der Waals surface area contributed by atoms with Gasteiger partial charge in [-0.2, -0.15) is 0 Å². The van der Waals surface area contributed by atoms with E-state index in [9.17, 15) is 0 Å². The predicted octanol–water partition coefficient (Wildman–Crippen LogP) is 3.03. The van der Waals surface area contributed by atoms with Crippen LogP contribution in [0.5, 0.6) is 0 Å². The summed E-state index contributed by atoms with van der Waals surface area (Å²) in [5.74, 6) is 0.495. The Balaban J connectivity index is 2.14. The Morgan fingerprint density at radius 3 is 2.11 bits per heavy atom. The van der Waals surface area contributed by atoms with Gasteiger partial charge in [0.1, 0.15) is 0 Å². The number of aliphatic hydroxyl groups is 1. The van der Waals surface area contributed by atoms with Crippen molar-refractivity contribution in [3.63, 3.8) is 0 Å². The van der Waals surface area contributed by atoms with Crippen LogP contribution in [0.4, 0.5) is 0 Å². The lowest BCUT2D eigenvalue weighted by atomic mass is 9.83. The molecule has 2 nitrogen and oxygen atoms in total. The summed E-state index contributed by atoms with van der Waals surface area (Å²) < 4.78 is 0. The summed E-state index contributed by atoms with van der Waals surface area (Å²) in [6.07, 6.45) is 0. The minimum absolute atomic E-state index is 0.215. The molecule has 0 atom stereocenters. The molecule has 1 fully saturated rings. The van der Waals surface area contributed by atoms with Gasteiger partial charge >= 0.3 is 0 Å². The van der Waals surface area contributed by atoms with Gasteiger partial charge in [-0.15, -0.1) is 0 Å². The van der Waals surface area contributed by atoms with Crippen LogP contribution in [0.1, 0.15) is 43.0 Å². The van der Waals surface area contributed by atoms with E-state index >= 15 is 0 Å². The van der Waals surface area contributed by atoms with Crippen molar-refractivity contribution in [2.75, 3.05) is 19.7 Å². The van der Waals surface area contributed by atoms with Gasteiger partial charge in [-0.1, -0.05) is 32.9 Å². The Labute approximate surface area is 117 Å². The number of hydrogen-bond donors (Lipinski definition) is 1. The largest absolute Gasteiger partial charge is 0.396 e. The quantitative estimate of drug-likeness (QED) is 0.904. The van der Waals surface area contributed by atoms with Gasteiger partial charge in [-0.25, -0.2) is 0 Å².